The first-order valence-electron chi connectivity index (χ1n) is 10.1. The average Bonchev–Trinajstić information content (AvgIpc) is 2.53. The number of anilines is 1. The second-order valence-electron chi connectivity index (χ2n) is 9.29. The fraction of sp³-hybridized carbons (Fsp3) is 0.682. The third-order valence-electron chi connectivity index (χ3n) is 6.85. The van der Waals surface area contributed by atoms with Crippen molar-refractivity contribution in [3.05, 3.63) is 29.3 Å². The number of hydrogen-bond donors (Lipinski definition) is 2. The predicted octanol–water partition coefficient (Wildman–Crippen LogP) is 4.62. The summed E-state index contributed by atoms with van der Waals surface area (Å²) in [6, 6.07) is 6.28. The van der Waals surface area contributed by atoms with Crippen LogP contribution in [0.1, 0.15) is 69.4 Å². The lowest BCUT2D eigenvalue weighted by Crippen LogP contribution is -2.59. The number of carbonyl (C=O) groups excluding carboxylic acids is 1. The molecule has 0 atom stereocenters. The molecule has 0 aromatic heterocycles. The highest BCUT2D eigenvalue weighted by Gasteiger charge is 2.50. The quantitative estimate of drug-likeness (QED) is 0.821. The first-order chi connectivity index (χ1) is 11.9. The lowest BCUT2D eigenvalue weighted by atomic mass is 9.53. The van der Waals surface area contributed by atoms with Crippen LogP contribution in [-0.4, -0.2) is 18.0 Å². The standard InChI is InChI=1S/C22H32N2O/c1-14(2)19-6-4-5-15(3)21(19)24-20(25)13-23-22-10-16-7-17(11-22)9-18(8-16)12-22/h4-6,14,16-18,23H,7-13H2,1-3H3,(H,24,25). The second-order valence-corrected chi connectivity index (χ2v) is 9.29. The molecule has 136 valence electrons. The second kappa shape index (κ2) is 6.42. The molecular formula is C22H32N2O. The molecule has 4 bridgehead atoms. The maximum Gasteiger partial charge on any atom is 0.238 e. The summed E-state index contributed by atoms with van der Waals surface area (Å²) in [7, 11) is 0. The van der Waals surface area contributed by atoms with Gasteiger partial charge in [-0.2, -0.15) is 0 Å². The molecule has 4 aliphatic rings. The van der Waals surface area contributed by atoms with Crippen LogP contribution in [0.5, 0.6) is 0 Å². The van der Waals surface area contributed by atoms with Crippen LogP contribution in [0.25, 0.3) is 0 Å². The summed E-state index contributed by atoms with van der Waals surface area (Å²) in [5, 5.41) is 6.89. The van der Waals surface area contributed by atoms with Crippen LogP contribution in [0, 0.1) is 24.7 Å². The highest BCUT2D eigenvalue weighted by Crippen LogP contribution is 2.55. The zero-order valence-electron chi connectivity index (χ0n) is 15.9. The zero-order valence-corrected chi connectivity index (χ0v) is 15.9. The van der Waals surface area contributed by atoms with Crippen LogP contribution in [0.15, 0.2) is 18.2 Å². The normalized spacial score (nSPS) is 33.0. The molecule has 1 amide bonds. The molecule has 1 aromatic rings. The third kappa shape index (κ3) is 3.36. The van der Waals surface area contributed by atoms with E-state index in [2.05, 4.69) is 49.6 Å². The molecule has 0 spiro atoms. The summed E-state index contributed by atoms with van der Waals surface area (Å²) in [5.41, 5.74) is 3.63. The molecule has 0 saturated heterocycles. The van der Waals surface area contributed by atoms with Gasteiger partial charge in [-0.25, -0.2) is 0 Å². The summed E-state index contributed by atoms with van der Waals surface area (Å²) >= 11 is 0. The largest absolute Gasteiger partial charge is 0.324 e. The summed E-state index contributed by atoms with van der Waals surface area (Å²) in [6.07, 6.45) is 8.17. The van der Waals surface area contributed by atoms with E-state index in [1.165, 1.54) is 44.1 Å². The number of para-hydroxylation sites is 1. The van der Waals surface area contributed by atoms with Gasteiger partial charge >= 0.3 is 0 Å². The molecule has 4 saturated carbocycles. The molecule has 5 rings (SSSR count). The Balaban J connectivity index is 1.41. The van der Waals surface area contributed by atoms with Gasteiger partial charge in [-0.3, -0.25) is 4.79 Å². The molecule has 0 heterocycles. The third-order valence-corrected chi connectivity index (χ3v) is 6.85. The van der Waals surface area contributed by atoms with E-state index in [4.69, 9.17) is 0 Å². The first-order valence-corrected chi connectivity index (χ1v) is 10.1. The number of nitrogens with one attached hydrogen (secondary N) is 2. The Morgan fingerprint density at radius 2 is 1.72 bits per heavy atom. The van der Waals surface area contributed by atoms with Crippen LogP contribution in [0.3, 0.4) is 0 Å². The highest BCUT2D eigenvalue weighted by atomic mass is 16.1. The minimum absolute atomic E-state index is 0.104. The molecular weight excluding hydrogens is 308 g/mol. The Hall–Kier alpha value is -1.35. The maximum absolute atomic E-state index is 12.7. The van der Waals surface area contributed by atoms with E-state index in [-0.39, 0.29) is 11.4 Å². The summed E-state index contributed by atoms with van der Waals surface area (Å²) in [5.74, 6) is 3.24. The van der Waals surface area contributed by atoms with E-state index in [0.717, 1.165) is 29.0 Å². The Kier molecular flexibility index (Phi) is 4.39. The van der Waals surface area contributed by atoms with Gasteiger partial charge in [0.1, 0.15) is 0 Å². The molecule has 0 aliphatic heterocycles. The van der Waals surface area contributed by atoms with E-state index in [0.29, 0.717) is 12.5 Å². The van der Waals surface area contributed by atoms with Crippen molar-refractivity contribution in [3.8, 4) is 0 Å². The van der Waals surface area contributed by atoms with Crippen LogP contribution < -0.4 is 10.6 Å². The van der Waals surface area contributed by atoms with Crippen LogP contribution in [0.4, 0.5) is 5.69 Å². The van der Waals surface area contributed by atoms with Crippen LogP contribution in [-0.2, 0) is 4.79 Å². The van der Waals surface area contributed by atoms with Crippen molar-refractivity contribution in [1.29, 1.82) is 0 Å². The highest BCUT2D eigenvalue weighted by molar-refractivity contribution is 5.94. The van der Waals surface area contributed by atoms with E-state index in [1.54, 1.807) is 0 Å². The number of benzene rings is 1. The fourth-order valence-electron chi connectivity index (χ4n) is 6.12. The lowest BCUT2D eigenvalue weighted by molar-refractivity contribution is -0.116. The predicted molar refractivity (Wildman–Crippen MR) is 103 cm³/mol. The molecule has 3 nitrogen and oxygen atoms in total. The molecule has 1 aromatic carbocycles. The minimum atomic E-state index is 0.104. The fourth-order valence-corrected chi connectivity index (χ4v) is 6.12. The lowest BCUT2D eigenvalue weighted by Gasteiger charge is -2.57. The van der Waals surface area contributed by atoms with Crippen molar-refractivity contribution >= 4 is 11.6 Å². The Morgan fingerprint density at radius 3 is 2.28 bits per heavy atom. The first kappa shape index (κ1) is 17.1. The number of amides is 1. The maximum atomic E-state index is 12.7. The molecule has 4 aliphatic carbocycles. The topological polar surface area (TPSA) is 41.1 Å². The van der Waals surface area contributed by atoms with Gasteiger partial charge in [0.2, 0.25) is 5.91 Å². The number of rotatable bonds is 5. The van der Waals surface area contributed by atoms with Crippen molar-refractivity contribution in [2.45, 2.75) is 70.8 Å². The number of hydrogen-bond acceptors (Lipinski definition) is 2. The molecule has 4 fully saturated rings. The van der Waals surface area contributed by atoms with Gasteiger partial charge in [0, 0.05) is 11.2 Å². The molecule has 25 heavy (non-hydrogen) atoms. The van der Waals surface area contributed by atoms with Gasteiger partial charge < -0.3 is 10.6 Å². The Labute approximate surface area is 152 Å². The molecule has 2 N–H and O–H groups in total. The van der Waals surface area contributed by atoms with Gasteiger partial charge in [0.05, 0.1) is 6.54 Å². The van der Waals surface area contributed by atoms with Crippen molar-refractivity contribution in [1.82, 2.24) is 5.32 Å². The minimum Gasteiger partial charge on any atom is -0.324 e. The average molecular weight is 341 g/mol. The van der Waals surface area contributed by atoms with E-state index >= 15 is 0 Å². The van der Waals surface area contributed by atoms with Crippen molar-refractivity contribution in [2.24, 2.45) is 17.8 Å². The van der Waals surface area contributed by atoms with Crippen molar-refractivity contribution < 1.29 is 4.79 Å². The monoisotopic (exact) mass is 340 g/mol. The van der Waals surface area contributed by atoms with E-state index in [1.807, 2.05) is 0 Å². The summed E-state index contributed by atoms with van der Waals surface area (Å²) < 4.78 is 0. The zero-order chi connectivity index (χ0) is 17.6. The molecule has 0 radical (unpaired) electrons. The smallest absolute Gasteiger partial charge is 0.238 e. The van der Waals surface area contributed by atoms with E-state index < -0.39 is 0 Å². The van der Waals surface area contributed by atoms with E-state index in [9.17, 15) is 4.79 Å². The van der Waals surface area contributed by atoms with Gasteiger partial charge in [0.15, 0.2) is 0 Å². The van der Waals surface area contributed by atoms with Crippen molar-refractivity contribution in [3.63, 3.8) is 0 Å². The van der Waals surface area contributed by atoms with Crippen LogP contribution >= 0.6 is 0 Å². The van der Waals surface area contributed by atoms with Gasteiger partial charge in [-0.15, -0.1) is 0 Å². The van der Waals surface area contributed by atoms with Gasteiger partial charge in [-0.1, -0.05) is 32.0 Å². The van der Waals surface area contributed by atoms with Crippen molar-refractivity contribution in [2.75, 3.05) is 11.9 Å². The summed E-state index contributed by atoms with van der Waals surface area (Å²) in [4.78, 5) is 12.7. The Morgan fingerprint density at radius 1 is 1.12 bits per heavy atom. The van der Waals surface area contributed by atoms with Crippen LogP contribution in [0.2, 0.25) is 0 Å². The molecule has 0 unspecified atom stereocenters. The summed E-state index contributed by atoms with van der Waals surface area (Å²) in [6.45, 7) is 6.88. The van der Waals surface area contributed by atoms with Gasteiger partial charge in [0.25, 0.3) is 0 Å². The SMILES string of the molecule is Cc1cccc(C(C)C)c1NC(=O)CNC12CC3CC(CC(C3)C1)C2. The number of aryl methyl sites for hydroxylation is 1. The number of carbonyl (C=O) groups is 1. The van der Waals surface area contributed by atoms with Gasteiger partial charge in [-0.05, 0) is 80.2 Å². The molecule has 3 heteroatoms. The Bertz CT molecular complexity index is 629.